The molecule has 0 bridgehead atoms. The first-order chi connectivity index (χ1) is 17.8. The third-order valence-corrected chi connectivity index (χ3v) is 6.94. The highest BCUT2D eigenvalue weighted by Crippen LogP contribution is 2.32. The summed E-state index contributed by atoms with van der Waals surface area (Å²) in [4.78, 5) is 0. The van der Waals surface area contributed by atoms with E-state index in [0.717, 1.165) is 36.0 Å². The Kier molecular flexibility index (Phi) is 10.5. The Balaban J connectivity index is 1.62. The van der Waals surface area contributed by atoms with Crippen molar-refractivity contribution in [2.75, 3.05) is 13.7 Å². The Labute approximate surface area is 215 Å². The van der Waals surface area contributed by atoms with Crippen molar-refractivity contribution in [3.63, 3.8) is 0 Å². The van der Waals surface area contributed by atoms with Crippen molar-refractivity contribution < 1.29 is 24.1 Å². The highest BCUT2D eigenvalue weighted by molar-refractivity contribution is 5.15. The average molecular weight is 491 g/mol. The van der Waals surface area contributed by atoms with Gasteiger partial charge in [0, 0.05) is 19.6 Å². The molecule has 3 aromatic rings. The number of methoxy groups -OCH3 is 1. The molecule has 5 nitrogen and oxygen atoms in total. The van der Waals surface area contributed by atoms with Crippen molar-refractivity contribution >= 4 is 0 Å². The molecule has 0 spiro atoms. The minimum Gasteiger partial charge on any atom is -0.396 e. The normalized spacial score (nSPS) is 24.7. The standard InChI is InChI=1S/C31H38O5/c1-33-28-19-11-18-27(20-32)29(34-21-24-12-5-2-6-13-24)31(36-23-26-16-9-4-10-17-26)30(28)35-22-25-14-7-3-8-15-25/h2-10,12-17,27-32H,11,18-23H2,1H3/t27-,28+,29+,30-,31-/m1/s1. The predicted octanol–water partition coefficient (Wildman–Crippen LogP) is 5.55. The van der Waals surface area contributed by atoms with Gasteiger partial charge in [-0.15, -0.1) is 0 Å². The maximum atomic E-state index is 10.4. The largest absolute Gasteiger partial charge is 0.396 e. The summed E-state index contributed by atoms with van der Waals surface area (Å²) in [5.41, 5.74) is 3.26. The van der Waals surface area contributed by atoms with Crippen molar-refractivity contribution in [1.29, 1.82) is 0 Å². The van der Waals surface area contributed by atoms with E-state index in [1.54, 1.807) is 7.11 Å². The lowest BCUT2D eigenvalue weighted by Crippen LogP contribution is -2.53. The van der Waals surface area contributed by atoms with E-state index < -0.39 is 6.10 Å². The van der Waals surface area contributed by atoms with Gasteiger partial charge in [-0.25, -0.2) is 0 Å². The van der Waals surface area contributed by atoms with E-state index in [9.17, 15) is 5.11 Å². The van der Waals surface area contributed by atoms with Crippen LogP contribution in [0.4, 0.5) is 0 Å². The first kappa shape index (κ1) is 26.5. The molecule has 3 aromatic carbocycles. The van der Waals surface area contributed by atoms with Gasteiger partial charge in [-0.05, 0) is 29.5 Å². The molecule has 1 saturated carbocycles. The third-order valence-electron chi connectivity index (χ3n) is 6.94. The van der Waals surface area contributed by atoms with Gasteiger partial charge in [0.2, 0.25) is 0 Å². The number of ether oxygens (including phenoxy) is 4. The van der Waals surface area contributed by atoms with Gasteiger partial charge in [-0.3, -0.25) is 0 Å². The molecule has 0 radical (unpaired) electrons. The zero-order chi connectivity index (χ0) is 25.0. The summed E-state index contributed by atoms with van der Waals surface area (Å²) < 4.78 is 25.7. The molecule has 5 heteroatoms. The second-order valence-corrected chi connectivity index (χ2v) is 9.43. The van der Waals surface area contributed by atoms with Crippen LogP contribution in [0.15, 0.2) is 91.0 Å². The van der Waals surface area contributed by atoms with Gasteiger partial charge >= 0.3 is 0 Å². The molecule has 5 atom stereocenters. The molecule has 36 heavy (non-hydrogen) atoms. The molecule has 192 valence electrons. The summed E-state index contributed by atoms with van der Waals surface area (Å²) in [7, 11) is 1.74. The van der Waals surface area contributed by atoms with Crippen molar-refractivity contribution in [3.05, 3.63) is 108 Å². The van der Waals surface area contributed by atoms with E-state index in [4.69, 9.17) is 18.9 Å². The fourth-order valence-electron chi connectivity index (χ4n) is 4.95. The van der Waals surface area contributed by atoms with Crippen LogP contribution < -0.4 is 0 Å². The zero-order valence-electron chi connectivity index (χ0n) is 21.1. The zero-order valence-corrected chi connectivity index (χ0v) is 21.1. The van der Waals surface area contributed by atoms with Crippen LogP contribution in [0.3, 0.4) is 0 Å². The molecule has 1 aliphatic rings. The summed E-state index contributed by atoms with van der Waals surface area (Å²) in [6.45, 7) is 1.35. The highest BCUT2D eigenvalue weighted by Gasteiger charge is 2.42. The lowest BCUT2D eigenvalue weighted by atomic mass is 9.84. The van der Waals surface area contributed by atoms with E-state index in [1.807, 2.05) is 54.6 Å². The Hall–Kier alpha value is -2.54. The second-order valence-electron chi connectivity index (χ2n) is 9.43. The lowest BCUT2D eigenvalue weighted by molar-refractivity contribution is -0.204. The van der Waals surface area contributed by atoms with Crippen LogP contribution in [0.1, 0.15) is 36.0 Å². The molecule has 1 fully saturated rings. The predicted molar refractivity (Wildman–Crippen MR) is 140 cm³/mol. The van der Waals surface area contributed by atoms with Crippen LogP contribution in [-0.2, 0) is 38.8 Å². The minimum atomic E-state index is -0.417. The minimum absolute atomic E-state index is 0.0354. The van der Waals surface area contributed by atoms with Crippen LogP contribution in [-0.4, -0.2) is 43.2 Å². The van der Waals surface area contributed by atoms with Crippen molar-refractivity contribution in [2.24, 2.45) is 5.92 Å². The van der Waals surface area contributed by atoms with E-state index in [-0.39, 0.29) is 30.8 Å². The van der Waals surface area contributed by atoms with E-state index in [0.29, 0.717) is 19.8 Å². The number of aliphatic hydroxyl groups excluding tert-OH is 1. The molecule has 1 aliphatic carbocycles. The number of hydrogen-bond acceptors (Lipinski definition) is 5. The Bertz CT molecular complexity index is 922. The Morgan fingerprint density at radius 3 is 1.50 bits per heavy atom. The fraction of sp³-hybridized carbons (Fsp3) is 0.419. The second kappa shape index (κ2) is 14.3. The first-order valence-corrected chi connectivity index (χ1v) is 12.9. The quantitative estimate of drug-likeness (QED) is 0.382. The highest BCUT2D eigenvalue weighted by atomic mass is 16.6. The topological polar surface area (TPSA) is 57.2 Å². The molecule has 0 amide bonds. The summed E-state index contributed by atoms with van der Waals surface area (Å²) in [6.07, 6.45) is 1.34. The summed E-state index contributed by atoms with van der Waals surface area (Å²) in [5, 5.41) is 10.4. The van der Waals surface area contributed by atoms with Crippen molar-refractivity contribution in [2.45, 2.75) is 63.5 Å². The van der Waals surface area contributed by atoms with Gasteiger partial charge in [-0.2, -0.15) is 0 Å². The third kappa shape index (κ3) is 7.48. The van der Waals surface area contributed by atoms with Crippen LogP contribution in [0.5, 0.6) is 0 Å². The fourth-order valence-corrected chi connectivity index (χ4v) is 4.95. The lowest BCUT2D eigenvalue weighted by Gasteiger charge is -2.42. The molecular weight excluding hydrogens is 452 g/mol. The van der Waals surface area contributed by atoms with E-state index in [1.165, 1.54) is 0 Å². The molecular formula is C31H38O5. The number of benzene rings is 3. The molecule has 0 unspecified atom stereocenters. The van der Waals surface area contributed by atoms with Crippen LogP contribution >= 0.6 is 0 Å². The van der Waals surface area contributed by atoms with Gasteiger partial charge in [0.1, 0.15) is 12.2 Å². The molecule has 0 saturated heterocycles. The maximum Gasteiger partial charge on any atom is 0.113 e. The molecule has 0 aliphatic heterocycles. The van der Waals surface area contributed by atoms with E-state index >= 15 is 0 Å². The smallest absolute Gasteiger partial charge is 0.113 e. The summed E-state index contributed by atoms with van der Waals surface area (Å²) >= 11 is 0. The van der Waals surface area contributed by atoms with Crippen LogP contribution in [0.2, 0.25) is 0 Å². The Morgan fingerprint density at radius 1 is 0.611 bits per heavy atom. The Morgan fingerprint density at radius 2 is 1.06 bits per heavy atom. The molecule has 4 rings (SSSR count). The molecule has 0 heterocycles. The average Bonchev–Trinajstić information content (AvgIpc) is 2.93. The van der Waals surface area contributed by atoms with Gasteiger partial charge in [0.25, 0.3) is 0 Å². The molecule has 1 N–H and O–H groups in total. The first-order valence-electron chi connectivity index (χ1n) is 12.9. The van der Waals surface area contributed by atoms with Crippen LogP contribution in [0, 0.1) is 5.92 Å². The summed E-state index contributed by atoms with van der Waals surface area (Å²) in [5.74, 6) is -0.0601. The van der Waals surface area contributed by atoms with Gasteiger partial charge in [-0.1, -0.05) is 97.4 Å². The maximum absolute atomic E-state index is 10.4. The van der Waals surface area contributed by atoms with Gasteiger partial charge < -0.3 is 24.1 Å². The molecule has 0 aromatic heterocycles. The SMILES string of the molecule is CO[C@H]1CCC[C@H](CO)[C@H](OCc2ccccc2)[C@@H](OCc2ccccc2)[C@@H]1OCc1ccccc1. The number of aliphatic hydroxyl groups is 1. The van der Waals surface area contributed by atoms with Gasteiger partial charge in [0.05, 0.1) is 32.0 Å². The number of rotatable bonds is 11. The van der Waals surface area contributed by atoms with Crippen molar-refractivity contribution in [1.82, 2.24) is 0 Å². The van der Waals surface area contributed by atoms with E-state index in [2.05, 4.69) is 36.4 Å². The van der Waals surface area contributed by atoms with Crippen molar-refractivity contribution in [3.8, 4) is 0 Å². The van der Waals surface area contributed by atoms with Gasteiger partial charge in [0.15, 0.2) is 0 Å². The number of hydrogen-bond donors (Lipinski definition) is 1. The summed E-state index contributed by atoms with van der Waals surface area (Å²) in [6, 6.07) is 30.4. The van der Waals surface area contributed by atoms with Crippen LogP contribution in [0.25, 0.3) is 0 Å². The monoisotopic (exact) mass is 490 g/mol.